The first-order valence-electron chi connectivity index (χ1n) is 28.5. The average Bonchev–Trinajstić information content (AvgIpc) is 3.79. The Morgan fingerprint density at radius 2 is 1.19 bits per heavy atom. The smallest absolute Gasteiger partial charge is 0.328 e. The standard InChI is InChI=1S/C65H82Cl2N2O8/c1-39(2)16-14-17-40(3)51-26-27-52-48-25-24-46-32-43(28-30-64(46,4)53(48)29-31-65(51,52)5)22-15-23-47(44-35-49(58(70)54(66)37-44)60(72)68-56(62(74)76-6)33-41-18-10-8-11-19-41)45-36-50(59(71)55(67)38-45)61(73)69-57(63(75)77-7)34-42-20-12-9-13-21-42/h8-13,18-21,23,35-40,43,46,48,51-53,56-57,70-71H,14-17,22,24-34H2,1-7H3,(H,68,72)(H,69,73)/t40-,43+,46+,48+,51-,52+,53+,56+,57+,64+,65-/m1/s1. The Bertz CT molecular complexity index is 2630. The number of fused-ring (bicyclic) bond motifs is 5. The molecule has 77 heavy (non-hydrogen) atoms. The zero-order chi connectivity index (χ0) is 55.2. The fourth-order valence-corrected chi connectivity index (χ4v) is 15.6. The summed E-state index contributed by atoms with van der Waals surface area (Å²) in [5.41, 5.74) is 3.43. The number of carbonyl (C=O) groups is 4. The van der Waals surface area contributed by atoms with Crippen molar-refractivity contribution in [3.63, 3.8) is 0 Å². The fourth-order valence-electron chi connectivity index (χ4n) is 15.2. The molecule has 8 rings (SSSR count). The lowest BCUT2D eigenvalue weighted by Gasteiger charge is -2.61. The Labute approximate surface area is 467 Å². The van der Waals surface area contributed by atoms with E-state index in [4.69, 9.17) is 32.7 Å². The number of hydrogen-bond acceptors (Lipinski definition) is 8. The van der Waals surface area contributed by atoms with E-state index in [1.165, 1.54) is 97.0 Å². The summed E-state index contributed by atoms with van der Waals surface area (Å²) in [7, 11) is 2.49. The van der Waals surface area contributed by atoms with Gasteiger partial charge in [0, 0.05) is 12.8 Å². The quantitative estimate of drug-likeness (QED) is 0.0639. The van der Waals surface area contributed by atoms with Crippen LogP contribution in [-0.2, 0) is 31.9 Å². The van der Waals surface area contributed by atoms with Gasteiger partial charge in [0.15, 0.2) is 0 Å². The van der Waals surface area contributed by atoms with Gasteiger partial charge in [-0.05, 0) is 181 Å². The Morgan fingerprint density at radius 1 is 0.675 bits per heavy atom. The molecule has 0 unspecified atom stereocenters. The van der Waals surface area contributed by atoms with Gasteiger partial charge in [0.05, 0.1) is 35.4 Å². The zero-order valence-electron chi connectivity index (χ0n) is 46.3. The molecule has 4 aliphatic rings. The number of phenolic OH excluding ortho intramolecular Hbond substituents is 2. The predicted octanol–water partition coefficient (Wildman–Crippen LogP) is 14.4. The van der Waals surface area contributed by atoms with E-state index in [1.54, 1.807) is 12.1 Å². The van der Waals surface area contributed by atoms with E-state index >= 15 is 0 Å². The normalized spacial score (nSPS) is 25.7. The number of ether oxygens (including phenoxy) is 2. The summed E-state index contributed by atoms with van der Waals surface area (Å²) in [6.45, 7) is 12.6. The maximum absolute atomic E-state index is 14.2. The third-order valence-electron chi connectivity index (χ3n) is 19.3. The Morgan fingerprint density at radius 3 is 1.71 bits per heavy atom. The van der Waals surface area contributed by atoms with E-state index in [9.17, 15) is 29.4 Å². The minimum Gasteiger partial charge on any atom is -0.506 e. The summed E-state index contributed by atoms with van der Waals surface area (Å²) in [6.07, 6.45) is 19.6. The minimum atomic E-state index is -1.08. The van der Waals surface area contributed by atoms with Gasteiger partial charge in [-0.2, -0.15) is 0 Å². The second kappa shape index (κ2) is 25.2. The van der Waals surface area contributed by atoms with E-state index in [2.05, 4.69) is 51.3 Å². The van der Waals surface area contributed by atoms with E-state index in [0.29, 0.717) is 45.8 Å². The molecule has 10 nitrogen and oxygen atoms in total. The first kappa shape index (κ1) is 57.8. The number of rotatable bonds is 20. The lowest BCUT2D eigenvalue weighted by Crippen LogP contribution is -2.53. The summed E-state index contributed by atoms with van der Waals surface area (Å²) in [6, 6.07) is 22.4. The number of phenols is 2. The van der Waals surface area contributed by atoms with Gasteiger partial charge >= 0.3 is 11.9 Å². The maximum atomic E-state index is 14.2. The van der Waals surface area contributed by atoms with Crippen LogP contribution in [-0.4, -0.2) is 60.3 Å². The summed E-state index contributed by atoms with van der Waals surface area (Å²) in [5, 5.41) is 28.1. The highest BCUT2D eigenvalue weighted by Gasteiger charge is 2.60. The highest BCUT2D eigenvalue weighted by atomic mass is 35.5. The van der Waals surface area contributed by atoms with Crippen LogP contribution < -0.4 is 10.6 Å². The molecule has 0 bridgehead atoms. The molecule has 0 spiro atoms. The van der Waals surface area contributed by atoms with Gasteiger partial charge in [-0.1, -0.05) is 144 Å². The minimum absolute atomic E-state index is 0.115. The van der Waals surface area contributed by atoms with Crippen LogP contribution in [0.3, 0.4) is 0 Å². The second-order valence-electron chi connectivity index (χ2n) is 24.2. The van der Waals surface area contributed by atoms with Gasteiger partial charge in [-0.25, -0.2) is 9.59 Å². The summed E-state index contributed by atoms with van der Waals surface area (Å²) in [4.78, 5) is 54.6. The molecule has 4 aliphatic carbocycles. The summed E-state index contributed by atoms with van der Waals surface area (Å²) >= 11 is 13.6. The van der Waals surface area contributed by atoms with Gasteiger partial charge in [-0.3, -0.25) is 9.59 Å². The predicted molar refractivity (Wildman–Crippen MR) is 306 cm³/mol. The molecule has 0 aromatic heterocycles. The van der Waals surface area contributed by atoms with E-state index < -0.39 is 47.3 Å². The summed E-state index contributed by atoms with van der Waals surface area (Å²) in [5.74, 6) is 2.22. The number of nitrogens with one attached hydrogen (secondary N) is 2. The number of hydrogen-bond donors (Lipinski definition) is 4. The van der Waals surface area contributed by atoms with Crippen LogP contribution in [0.15, 0.2) is 91.0 Å². The van der Waals surface area contributed by atoms with Crippen LogP contribution in [0.2, 0.25) is 10.0 Å². The van der Waals surface area contributed by atoms with Crippen molar-refractivity contribution >= 4 is 52.5 Å². The Balaban J connectivity index is 1.06. The van der Waals surface area contributed by atoms with Crippen molar-refractivity contribution in [1.29, 1.82) is 0 Å². The van der Waals surface area contributed by atoms with Crippen LogP contribution in [0.4, 0.5) is 0 Å². The molecule has 0 heterocycles. The van der Waals surface area contributed by atoms with Crippen molar-refractivity contribution in [1.82, 2.24) is 10.6 Å². The Hall–Kier alpha value is -5.32. The molecule has 4 aromatic rings. The first-order chi connectivity index (χ1) is 36.8. The highest BCUT2D eigenvalue weighted by Crippen LogP contribution is 2.69. The molecule has 4 aromatic carbocycles. The number of aromatic hydroxyl groups is 2. The third-order valence-corrected chi connectivity index (χ3v) is 19.9. The van der Waals surface area contributed by atoms with Crippen molar-refractivity contribution in [3.05, 3.63) is 134 Å². The van der Waals surface area contributed by atoms with Crippen molar-refractivity contribution in [2.24, 2.45) is 58.2 Å². The average molecular weight is 1090 g/mol. The largest absolute Gasteiger partial charge is 0.506 e. The SMILES string of the molecule is COC(=O)[C@H](Cc1ccccc1)NC(=O)c1cc(C(=CCC[C@H]2CC[C@@]3(C)[C@@H](CC[C@@H]4[C@@H]3CC[C@]3(C)[C@@H]([C@H](C)CCCC(C)C)CC[C@@H]43)C2)c2cc(Cl)c(O)c(C(=O)N[C@@H](Cc3ccccc3)C(=O)OC)c2)cc(Cl)c1O. The number of esters is 2. The number of halogens is 2. The molecule has 2 amide bonds. The molecule has 4 fully saturated rings. The Kier molecular flexibility index (Phi) is 18.9. The van der Waals surface area contributed by atoms with Gasteiger partial charge in [0.2, 0.25) is 0 Å². The molecule has 4 saturated carbocycles. The van der Waals surface area contributed by atoms with Crippen LogP contribution >= 0.6 is 23.2 Å². The highest BCUT2D eigenvalue weighted by molar-refractivity contribution is 6.33. The molecule has 4 N–H and O–H groups in total. The van der Waals surface area contributed by atoms with Crippen LogP contribution in [0, 0.1) is 58.2 Å². The molecule has 0 aliphatic heterocycles. The number of amides is 2. The number of benzene rings is 4. The molecule has 0 saturated heterocycles. The van der Waals surface area contributed by atoms with Gasteiger partial charge in [0.25, 0.3) is 11.8 Å². The second-order valence-corrected chi connectivity index (χ2v) is 25.0. The van der Waals surface area contributed by atoms with Crippen molar-refractivity contribution in [2.45, 2.75) is 149 Å². The molecular weight excluding hydrogens is 1010 g/mol. The number of methoxy groups -OCH3 is 2. The molecule has 414 valence electrons. The maximum Gasteiger partial charge on any atom is 0.328 e. The van der Waals surface area contributed by atoms with Crippen LogP contribution in [0.5, 0.6) is 11.5 Å². The molecular formula is C65H82Cl2N2O8. The first-order valence-corrected chi connectivity index (χ1v) is 29.2. The van der Waals surface area contributed by atoms with Gasteiger partial charge < -0.3 is 30.3 Å². The lowest BCUT2D eigenvalue weighted by molar-refractivity contribution is -0.143. The molecule has 0 radical (unpaired) electrons. The third kappa shape index (κ3) is 12.9. The van der Waals surface area contributed by atoms with E-state index in [-0.39, 0.29) is 34.0 Å². The lowest BCUT2D eigenvalue weighted by atomic mass is 9.44. The summed E-state index contributed by atoms with van der Waals surface area (Å²) < 4.78 is 10.1. The van der Waals surface area contributed by atoms with Crippen molar-refractivity contribution in [2.75, 3.05) is 14.2 Å². The van der Waals surface area contributed by atoms with Crippen LogP contribution in [0.25, 0.3) is 5.57 Å². The van der Waals surface area contributed by atoms with Crippen LogP contribution in [0.1, 0.15) is 167 Å². The number of allylic oxidation sites excluding steroid dienone is 1. The van der Waals surface area contributed by atoms with Crippen molar-refractivity contribution in [3.8, 4) is 11.5 Å². The monoisotopic (exact) mass is 1090 g/mol. The number of carbonyl (C=O) groups excluding carboxylic acids is 4. The van der Waals surface area contributed by atoms with Gasteiger partial charge in [0.1, 0.15) is 23.6 Å². The fraction of sp³-hybridized carbons (Fsp3) is 0.538. The van der Waals surface area contributed by atoms with E-state index in [1.807, 2.05) is 60.7 Å². The van der Waals surface area contributed by atoms with E-state index in [0.717, 1.165) is 59.5 Å². The zero-order valence-corrected chi connectivity index (χ0v) is 47.9. The topological polar surface area (TPSA) is 151 Å². The van der Waals surface area contributed by atoms with Crippen molar-refractivity contribution < 1.29 is 38.9 Å². The van der Waals surface area contributed by atoms with Gasteiger partial charge in [-0.15, -0.1) is 0 Å². The molecule has 11 atom stereocenters. The molecule has 12 heteroatoms.